The van der Waals surface area contributed by atoms with Crippen molar-refractivity contribution in [3.05, 3.63) is 52.3 Å². The zero-order valence-electron chi connectivity index (χ0n) is 12.1. The highest BCUT2D eigenvalue weighted by Crippen LogP contribution is 2.45. The summed E-state index contributed by atoms with van der Waals surface area (Å²) in [6.45, 7) is -0.258. The monoisotopic (exact) mass is 346 g/mol. The first-order valence-corrected chi connectivity index (χ1v) is 8.48. The van der Waals surface area contributed by atoms with E-state index < -0.39 is 7.82 Å². The first-order chi connectivity index (χ1) is 11.4. The third-order valence-corrected chi connectivity index (χ3v) is 4.16. The number of benzene rings is 2. The second-order valence-electron chi connectivity index (χ2n) is 5.28. The molecule has 0 aliphatic carbocycles. The van der Waals surface area contributed by atoms with Crippen LogP contribution in [0.2, 0.25) is 0 Å². The Balaban J connectivity index is 1.87. The van der Waals surface area contributed by atoms with Crippen molar-refractivity contribution in [2.75, 3.05) is 0 Å². The topological polar surface area (TPSA) is 122 Å². The second kappa shape index (κ2) is 5.25. The lowest BCUT2D eigenvalue weighted by Gasteiger charge is -2.20. The molecule has 4 rings (SSSR count). The molecule has 9 heteroatoms. The van der Waals surface area contributed by atoms with Crippen LogP contribution in [0.3, 0.4) is 0 Å². The molecule has 2 aromatic carbocycles. The Morgan fingerprint density at radius 1 is 1.21 bits per heavy atom. The fourth-order valence-corrected chi connectivity index (χ4v) is 3.00. The van der Waals surface area contributed by atoms with Crippen LogP contribution in [0.1, 0.15) is 5.56 Å². The van der Waals surface area contributed by atoms with E-state index in [0.29, 0.717) is 39.1 Å². The molecule has 0 amide bonds. The Kier molecular flexibility index (Phi) is 3.29. The molecule has 1 aliphatic rings. The Hall–Kier alpha value is -2.51. The lowest BCUT2D eigenvalue weighted by Crippen LogP contribution is -2.12. The van der Waals surface area contributed by atoms with Crippen molar-refractivity contribution < 1.29 is 23.6 Å². The number of hydrogen-bond donors (Lipinski definition) is 3. The molecule has 0 unspecified atom stereocenters. The summed E-state index contributed by atoms with van der Waals surface area (Å²) in [5.41, 5.74) is 1.38. The molecule has 3 N–H and O–H groups in total. The smallest absolute Gasteiger partial charge is 0.456 e. The molecule has 0 saturated heterocycles. The number of aromatic amines is 1. The molecular weight excluding hydrogens is 335 g/mol. The van der Waals surface area contributed by atoms with Crippen molar-refractivity contribution >= 4 is 18.6 Å². The van der Waals surface area contributed by atoms with Crippen LogP contribution in [0.15, 0.2) is 41.2 Å². The maximum atomic E-state index is 11.9. The molecule has 24 heavy (non-hydrogen) atoms. The summed E-state index contributed by atoms with van der Waals surface area (Å²) >= 11 is 0. The number of nitrogens with one attached hydrogen (secondary N) is 1. The Morgan fingerprint density at radius 2 is 2.04 bits per heavy atom. The Bertz CT molecular complexity index is 1070. The van der Waals surface area contributed by atoms with Crippen molar-refractivity contribution in [3.63, 3.8) is 0 Å². The minimum Gasteiger partial charge on any atom is -0.456 e. The van der Waals surface area contributed by atoms with Crippen LogP contribution < -0.4 is 10.3 Å². The standard InChI is InChI=1S/C15H11N2O6P/c18-15-9-2-1-3-12-13(9)14(16-17-15)10-6-8(4-5-11(10)23-12)7-22-24(19,20)21/h1-6H,7H2,(H,17,18)(H2,19,20,21). The summed E-state index contributed by atoms with van der Waals surface area (Å²) in [6.07, 6.45) is 0. The molecule has 1 aliphatic heterocycles. The van der Waals surface area contributed by atoms with E-state index in [9.17, 15) is 9.36 Å². The number of ether oxygens (including phenoxy) is 1. The highest BCUT2D eigenvalue weighted by molar-refractivity contribution is 7.46. The van der Waals surface area contributed by atoms with Gasteiger partial charge in [-0.25, -0.2) is 9.66 Å². The molecule has 0 radical (unpaired) electrons. The Labute approximate surface area is 134 Å². The molecule has 122 valence electrons. The lowest BCUT2D eigenvalue weighted by atomic mass is 9.99. The number of aromatic nitrogens is 2. The number of fused-ring (bicyclic) bond motifs is 2. The van der Waals surface area contributed by atoms with E-state index >= 15 is 0 Å². The van der Waals surface area contributed by atoms with Gasteiger partial charge in [0.25, 0.3) is 5.56 Å². The quantitative estimate of drug-likeness (QED) is 0.487. The van der Waals surface area contributed by atoms with Crippen LogP contribution in [-0.4, -0.2) is 20.0 Å². The van der Waals surface area contributed by atoms with E-state index in [0.717, 1.165) is 0 Å². The average molecular weight is 346 g/mol. The predicted octanol–water partition coefficient (Wildman–Crippen LogP) is 2.31. The maximum absolute atomic E-state index is 11.9. The van der Waals surface area contributed by atoms with Gasteiger partial charge < -0.3 is 14.5 Å². The fraction of sp³-hybridized carbons (Fsp3) is 0.0667. The van der Waals surface area contributed by atoms with Crippen LogP contribution in [0, 0.1) is 0 Å². The summed E-state index contributed by atoms with van der Waals surface area (Å²) in [5.74, 6) is 1.07. The van der Waals surface area contributed by atoms with Gasteiger partial charge in [0.05, 0.1) is 17.4 Å². The third-order valence-electron chi connectivity index (χ3n) is 3.70. The molecule has 1 aromatic heterocycles. The van der Waals surface area contributed by atoms with Crippen molar-refractivity contribution in [2.24, 2.45) is 0 Å². The number of hydrogen-bond acceptors (Lipinski definition) is 5. The van der Waals surface area contributed by atoms with Gasteiger partial charge in [-0.15, -0.1) is 0 Å². The average Bonchev–Trinajstić information content (AvgIpc) is 2.55. The third kappa shape index (κ3) is 2.51. The van der Waals surface area contributed by atoms with Crippen molar-refractivity contribution in [3.8, 4) is 22.8 Å². The molecular formula is C15H11N2O6P. The van der Waals surface area contributed by atoms with Gasteiger partial charge in [-0.1, -0.05) is 12.1 Å². The van der Waals surface area contributed by atoms with Gasteiger partial charge in [0.15, 0.2) is 0 Å². The van der Waals surface area contributed by atoms with Gasteiger partial charge >= 0.3 is 7.82 Å². The molecule has 2 heterocycles. The van der Waals surface area contributed by atoms with Gasteiger partial charge in [0.2, 0.25) is 0 Å². The fourth-order valence-electron chi connectivity index (χ4n) is 2.69. The van der Waals surface area contributed by atoms with Crippen LogP contribution in [-0.2, 0) is 15.7 Å². The summed E-state index contributed by atoms with van der Waals surface area (Å²) in [6, 6.07) is 10.1. The molecule has 0 saturated carbocycles. The number of H-pyrrole nitrogens is 1. The summed E-state index contributed by atoms with van der Waals surface area (Å²) < 4.78 is 21.2. The Morgan fingerprint density at radius 3 is 2.83 bits per heavy atom. The van der Waals surface area contributed by atoms with Crippen LogP contribution in [0.5, 0.6) is 11.5 Å². The summed E-state index contributed by atoms with van der Waals surface area (Å²) in [5, 5.41) is 7.63. The van der Waals surface area contributed by atoms with E-state index in [1.54, 1.807) is 36.4 Å². The molecule has 3 aromatic rings. The second-order valence-corrected chi connectivity index (χ2v) is 6.52. The molecule has 0 bridgehead atoms. The van der Waals surface area contributed by atoms with Gasteiger partial charge in [0, 0.05) is 5.56 Å². The van der Waals surface area contributed by atoms with Gasteiger partial charge in [-0.05, 0) is 29.8 Å². The van der Waals surface area contributed by atoms with Gasteiger partial charge in [-0.2, -0.15) is 5.10 Å². The summed E-state index contributed by atoms with van der Waals surface area (Å²) in [7, 11) is -4.56. The number of nitrogens with zero attached hydrogens (tertiary/aromatic N) is 1. The number of phosphoric ester groups is 1. The van der Waals surface area contributed by atoms with E-state index in [1.165, 1.54) is 0 Å². The van der Waals surface area contributed by atoms with E-state index in [2.05, 4.69) is 14.7 Å². The first-order valence-electron chi connectivity index (χ1n) is 6.95. The zero-order chi connectivity index (χ0) is 16.9. The largest absolute Gasteiger partial charge is 0.469 e. The zero-order valence-corrected chi connectivity index (χ0v) is 13.0. The lowest BCUT2D eigenvalue weighted by molar-refractivity contribution is 0.189. The highest BCUT2D eigenvalue weighted by atomic mass is 31.2. The maximum Gasteiger partial charge on any atom is 0.469 e. The summed E-state index contributed by atoms with van der Waals surface area (Å²) in [4.78, 5) is 29.6. The van der Waals surface area contributed by atoms with Crippen molar-refractivity contribution in [1.29, 1.82) is 0 Å². The van der Waals surface area contributed by atoms with Crippen LogP contribution in [0.4, 0.5) is 0 Å². The van der Waals surface area contributed by atoms with Gasteiger partial charge in [0.1, 0.15) is 17.2 Å². The molecule has 8 nitrogen and oxygen atoms in total. The predicted molar refractivity (Wildman–Crippen MR) is 84.7 cm³/mol. The highest BCUT2D eigenvalue weighted by Gasteiger charge is 2.23. The number of phosphoric acid groups is 1. The first kappa shape index (κ1) is 15.0. The van der Waals surface area contributed by atoms with Crippen LogP contribution in [0.25, 0.3) is 22.0 Å². The molecule has 0 spiro atoms. The SMILES string of the molecule is O=c1[nH]nc2c3c(cccc13)Oc1ccc(COP(=O)(O)O)cc1-2. The van der Waals surface area contributed by atoms with Gasteiger partial charge in [-0.3, -0.25) is 9.32 Å². The normalized spacial score (nSPS) is 12.8. The van der Waals surface area contributed by atoms with Crippen molar-refractivity contribution in [2.45, 2.75) is 6.61 Å². The minimum absolute atomic E-state index is 0.258. The van der Waals surface area contributed by atoms with E-state index in [4.69, 9.17) is 14.5 Å². The molecule has 0 atom stereocenters. The van der Waals surface area contributed by atoms with Crippen LogP contribution >= 0.6 is 7.82 Å². The van der Waals surface area contributed by atoms with Crippen molar-refractivity contribution in [1.82, 2.24) is 10.2 Å². The molecule has 0 fully saturated rings. The number of rotatable bonds is 3. The minimum atomic E-state index is -4.56. The van der Waals surface area contributed by atoms with E-state index in [1.807, 2.05) is 0 Å². The van der Waals surface area contributed by atoms with E-state index in [-0.39, 0.29) is 12.2 Å².